The predicted octanol–water partition coefficient (Wildman–Crippen LogP) is 1.22. The molecule has 2 atom stereocenters. The molecule has 0 unspecified atom stereocenters. The molecule has 0 aromatic rings. The van der Waals surface area contributed by atoms with E-state index >= 15 is 0 Å². The van der Waals surface area contributed by atoms with Crippen molar-refractivity contribution in [3.8, 4) is 6.07 Å². The summed E-state index contributed by atoms with van der Waals surface area (Å²) >= 11 is 0. The number of hydrogen-bond acceptors (Lipinski definition) is 4. The Kier molecular flexibility index (Phi) is 3.70. The van der Waals surface area contributed by atoms with Crippen LogP contribution >= 0.6 is 0 Å². The van der Waals surface area contributed by atoms with Crippen molar-refractivity contribution in [1.82, 2.24) is 5.32 Å². The molecule has 15 heavy (non-hydrogen) atoms. The molecule has 84 valence electrons. The molecular formula is C11H18N2O2. The molecule has 1 rings (SSSR count). The van der Waals surface area contributed by atoms with Gasteiger partial charge in [0.05, 0.1) is 18.0 Å². The minimum absolute atomic E-state index is 0.130. The predicted molar refractivity (Wildman–Crippen MR) is 56.0 cm³/mol. The number of ether oxygens (including phenoxy) is 1. The topological polar surface area (TPSA) is 62.1 Å². The van der Waals surface area contributed by atoms with Gasteiger partial charge in [-0.05, 0) is 40.2 Å². The Labute approximate surface area is 90.6 Å². The fourth-order valence-electron chi connectivity index (χ4n) is 1.62. The molecule has 0 saturated carbocycles. The molecule has 1 fully saturated rings. The second kappa shape index (κ2) is 4.63. The van der Waals surface area contributed by atoms with Crippen molar-refractivity contribution in [3.63, 3.8) is 0 Å². The summed E-state index contributed by atoms with van der Waals surface area (Å²) in [6.45, 7) is 6.28. The van der Waals surface area contributed by atoms with Gasteiger partial charge in [0.25, 0.3) is 0 Å². The van der Waals surface area contributed by atoms with Crippen molar-refractivity contribution in [1.29, 1.82) is 5.26 Å². The molecule has 0 spiro atoms. The third kappa shape index (κ3) is 3.88. The van der Waals surface area contributed by atoms with E-state index in [0.29, 0.717) is 13.0 Å². The fourth-order valence-corrected chi connectivity index (χ4v) is 1.62. The van der Waals surface area contributed by atoms with Crippen LogP contribution in [0, 0.1) is 17.2 Å². The molecule has 4 nitrogen and oxygen atoms in total. The first-order valence-electron chi connectivity index (χ1n) is 5.28. The summed E-state index contributed by atoms with van der Waals surface area (Å²) in [6, 6.07) is 1.92. The second-order valence-corrected chi connectivity index (χ2v) is 4.89. The van der Waals surface area contributed by atoms with Gasteiger partial charge in [0, 0.05) is 0 Å². The zero-order chi connectivity index (χ0) is 11.5. The minimum atomic E-state index is -0.440. The van der Waals surface area contributed by atoms with Crippen molar-refractivity contribution in [2.75, 3.05) is 6.54 Å². The fraction of sp³-hybridized carbons (Fsp3) is 0.818. The summed E-state index contributed by atoms with van der Waals surface area (Å²) in [5, 5.41) is 11.8. The number of rotatable bonds is 1. The van der Waals surface area contributed by atoms with E-state index in [9.17, 15) is 4.79 Å². The van der Waals surface area contributed by atoms with Gasteiger partial charge in [0.1, 0.15) is 5.60 Å². The maximum absolute atomic E-state index is 11.7. The molecule has 0 amide bonds. The molecule has 1 heterocycles. The molecule has 0 radical (unpaired) electrons. The van der Waals surface area contributed by atoms with Gasteiger partial charge in [0.15, 0.2) is 0 Å². The number of nitrogens with zero attached hydrogens (tertiary/aromatic N) is 1. The first-order valence-corrected chi connectivity index (χ1v) is 5.28. The number of piperidine rings is 1. The Bertz CT molecular complexity index is 275. The summed E-state index contributed by atoms with van der Waals surface area (Å²) < 4.78 is 5.29. The molecule has 1 aliphatic rings. The van der Waals surface area contributed by atoms with Crippen molar-refractivity contribution in [3.05, 3.63) is 0 Å². The molecule has 0 aromatic carbocycles. The van der Waals surface area contributed by atoms with Crippen LogP contribution in [-0.4, -0.2) is 24.2 Å². The van der Waals surface area contributed by atoms with Crippen LogP contribution in [0.25, 0.3) is 0 Å². The lowest BCUT2D eigenvalue weighted by Crippen LogP contribution is -2.41. The van der Waals surface area contributed by atoms with E-state index < -0.39 is 5.60 Å². The van der Waals surface area contributed by atoms with E-state index in [1.54, 1.807) is 0 Å². The SMILES string of the molecule is CC(C)(C)OC(=O)[C@@H]1CCN[C@H](C#N)C1. The average molecular weight is 210 g/mol. The highest BCUT2D eigenvalue weighted by molar-refractivity contribution is 5.73. The molecule has 1 N–H and O–H groups in total. The van der Waals surface area contributed by atoms with E-state index in [1.807, 2.05) is 20.8 Å². The highest BCUT2D eigenvalue weighted by Crippen LogP contribution is 2.20. The molecule has 0 bridgehead atoms. The van der Waals surface area contributed by atoms with Gasteiger partial charge in [-0.15, -0.1) is 0 Å². The lowest BCUT2D eigenvalue weighted by atomic mass is 9.93. The van der Waals surface area contributed by atoms with Gasteiger partial charge in [-0.1, -0.05) is 0 Å². The molecule has 1 saturated heterocycles. The Hall–Kier alpha value is -1.08. The largest absolute Gasteiger partial charge is 0.460 e. The van der Waals surface area contributed by atoms with Crippen molar-refractivity contribution in [2.24, 2.45) is 5.92 Å². The van der Waals surface area contributed by atoms with E-state index in [2.05, 4.69) is 11.4 Å². The van der Waals surface area contributed by atoms with Gasteiger partial charge in [0.2, 0.25) is 0 Å². The van der Waals surface area contributed by atoms with E-state index in [0.717, 1.165) is 6.42 Å². The number of esters is 1. The Balaban J connectivity index is 2.50. The van der Waals surface area contributed by atoms with E-state index in [1.165, 1.54) is 0 Å². The van der Waals surface area contributed by atoms with Gasteiger partial charge >= 0.3 is 5.97 Å². The minimum Gasteiger partial charge on any atom is -0.460 e. The zero-order valence-corrected chi connectivity index (χ0v) is 9.54. The number of carbonyl (C=O) groups excluding carboxylic acids is 1. The van der Waals surface area contributed by atoms with Gasteiger partial charge in [-0.25, -0.2) is 0 Å². The maximum Gasteiger partial charge on any atom is 0.309 e. The summed E-state index contributed by atoms with van der Waals surface area (Å²) in [5.74, 6) is -0.306. The summed E-state index contributed by atoms with van der Waals surface area (Å²) in [7, 11) is 0. The number of nitrogens with one attached hydrogen (secondary N) is 1. The van der Waals surface area contributed by atoms with Crippen LogP contribution in [0.5, 0.6) is 0 Å². The Morgan fingerprint density at radius 1 is 1.53 bits per heavy atom. The van der Waals surface area contributed by atoms with Gasteiger partial charge in [-0.2, -0.15) is 5.26 Å². The lowest BCUT2D eigenvalue weighted by molar-refractivity contribution is -0.161. The second-order valence-electron chi connectivity index (χ2n) is 4.89. The number of hydrogen-bond donors (Lipinski definition) is 1. The van der Waals surface area contributed by atoms with Gasteiger partial charge in [-0.3, -0.25) is 4.79 Å². The zero-order valence-electron chi connectivity index (χ0n) is 9.54. The molecule has 0 aliphatic carbocycles. The molecule has 1 aliphatic heterocycles. The van der Waals surface area contributed by atoms with Crippen LogP contribution in [-0.2, 0) is 9.53 Å². The highest BCUT2D eigenvalue weighted by atomic mass is 16.6. The van der Waals surface area contributed by atoms with Crippen LogP contribution in [0.1, 0.15) is 33.6 Å². The van der Waals surface area contributed by atoms with Crippen LogP contribution < -0.4 is 5.32 Å². The molecule has 0 aromatic heterocycles. The van der Waals surface area contributed by atoms with E-state index in [4.69, 9.17) is 10.00 Å². The number of nitriles is 1. The van der Waals surface area contributed by atoms with Crippen molar-refractivity contribution in [2.45, 2.75) is 45.3 Å². The summed E-state index contributed by atoms with van der Waals surface area (Å²) in [5.41, 5.74) is -0.440. The quantitative estimate of drug-likeness (QED) is 0.661. The van der Waals surface area contributed by atoms with Crippen LogP contribution in [0.3, 0.4) is 0 Å². The third-order valence-electron chi connectivity index (χ3n) is 2.30. The Morgan fingerprint density at radius 3 is 2.73 bits per heavy atom. The first-order chi connectivity index (χ1) is 6.92. The third-order valence-corrected chi connectivity index (χ3v) is 2.30. The Morgan fingerprint density at radius 2 is 2.20 bits per heavy atom. The molecule has 4 heteroatoms. The van der Waals surface area contributed by atoms with Crippen LogP contribution in [0.4, 0.5) is 0 Å². The standard InChI is InChI=1S/C11H18N2O2/c1-11(2,3)15-10(14)8-4-5-13-9(6-8)7-12/h8-9,13H,4-6H2,1-3H3/t8-,9+/m1/s1. The van der Waals surface area contributed by atoms with Crippen LogP contribution in [0.2, 0.25) is 0 Å². The maximum atomic E-state index is 11.7. The van der Waals surface area contributed by atoms with Crippen molar-refractivity contribution < 1.29 is 9.53 Å². The normalized spacial score (nSPS) is 26.8. The monoisotopic (exact) mass is 210 g/mol. The smallest absolute Gasteiger partial charge is 0.309 e. The summed E-state index contributed by atoms with van der Waals surface area (Å²) in [6.07, 6.45) is 1.32. The lowest BCUT2D eigenvalue weighted by Gasteiger charge is -2.28. The molecular weight excluding hydrogens is 192 g/mol. The first kappa shape index (κ1) is 12.0. The highest BCUT2D eigenvalue weighted by Gasteiger charge is 2.30. The van der Waals surface area contributed by atoms with E-state index in [-0.39, 0.29) is 17.9 Å². The van der Waals surface area contributed by atoms with Crippen LogP contribution in [0.15, 0.2) is 0 Å². The van der Waals surface area contributed by atoms with Crippen molar-refractivity contribution >= 4 is 5.97 Å². The van der Waals surface area contributed by atoms with Gasteiger partial charge < -0.3 is 10.1 Å². The summed E-state index contributed by atoms with van der Waals surface area (Å²) in [4.78, 5) is 11.7. The average Bonchev–Trinajstić information content (AvgIpc) is 2.15. The number of carbonyl (C=O) groups is 1.